The van der Waals surface area contributed by atoms with Gasteiger partial charge in [-0.15, -0.1) is 11.8 Å². The first-order chi connectivity index (χ1) is 11.2. The van der Waals surface area contributed by atoms with Gasteiger partial charge in [0, 0.05) is 20.7 Å². The Kier molecular flexibility index (Phi) is 5.28. The molecule has 0 unspecified atom stereocenters. The Morgan fingerprint density at radius 2 is 1.83 bits per heavy atom. The van der Waals surface area contributed by atoms with E-state index in [9.17, 15) is 4.79 Å². The number of alkyl carbamates (subject to hydrolysis) is 1. The van der Waals surface area contributed by atoms with Crippen LogP contribution >= 0.6 is 27.7 Å². The highest BCUT2D eigenvalue weighted by Crippen LogP contribution is 2.51. The summed E-state index contributed by atoms with van der Waals surface area (Å²) in [6, 6.07) is 18.0. The molecule has 0 aliphatic heterocycles. The van der Waals surface area contributed by atoms with Gasteiger partial charge >= 0.3 is 6.09 Å². The van der Waals surface area contributed by atoms with E-state index >= 15 is 0 Å². The molecule has 1 saturated carbocycles. The SMILES string of the molecule is O=C(NCC1(Sc2ccc(Br)cc2)CC1)OCc1ccccc1. The van der Waals surface area contributed by atoms with Crippen LogP contribution in [0.1, 0.15) is 18.4 Å². The number of halogens is 1. The minimum absolute atomic E-state index is 0.125. The van der Waals surface area contributed by atoms with Gasteiger partial charge in [-0.25, -0.2) is 4.79 Å². The molecule has 2 aromatic carbocycles. The van der Waals surface area contributed by atoms with Gasteiger partial charge < -0.3 is 10.1 Å². The second-order valence-corrected chi connectivity index (χ2v) is 8.11. The van der Waals surface area contributed by atoms with Gasteiger partial charge in [0.15, 0.2) is 0 Å². The third kappa shape index (κ3) is 5.01. The number of benzene rings is 2. The van der Waals surface area contributed by atoms with Gasteiger partial charge in [-0.1, -0.05) is 46.3 Å². The molecule has 1 amide bonds. The fourth-order valence-electron chi connectivity index (χ4n) is 2.21. The van der Waals surface area contributed by atoms with Crippen LogP contribution in [0.5, 0.6) is 0 Å². The Bertz CT molecular complexity index is 656. The number of ether oxygens (including phenoxy) is 1. The fraction of sp³-hybridized carbons (Fsp3) is 0.278. The Labute approximate surface area is 148 Å². The van der Waals surface area contributed by atoms with Gasteiger partial charge in [0.25, 0.3) is 0 Å². The third-order valence-electron chi connectivity index (χ3n) is 3.72. The highest BCUT2D eigenvalue weighted by molar-refractivity contribution is 9.10. The number of thioether (sulfide) groups is 1. The van der Waals surface area contributed by atoms with E-state index in [2.05, 4.69) is 33.4 Å². The predicted octanol–water partition coefficient (Wildman–Crippen LogP) is 5.00. The van der Waals surface area contributed by atoms with Crippen molar-refractivity contribution >= 4 is 33.8 Å². The predicted molar refractivity (Wildman–Crippen MR) is 96.6 cm³/mol. The lowest BCUT2D eigenvalue weighted by Gasteiger charge is -2.16. The normalized spacial score (nSPS) is 15.0. The van der Waals surface area contributed by atoms with Gasteiger partial charge in [0.2, 0.25) is 0 Å². The van der Waals surface area contributed by atoms with Crippen LogP contribution in [0.25, 0.3) is 0 Å². The monoisotopic (exact) mass is 391 g/mol. The largest absolute Gasteiger partial charge is 0.445 e. The minimum Gasteiger partial charge on any atom is -0.445 e. The van der Waals surface area contributed by atoms with Gasteiger partial charge in [0.1, 0.15) is 6.61 Å². The van der Waals surface area contributed by atoms with E-state index in [1.807, 2.05) is 54.2 Å². The zero-order valence-electron chi connectivity index (χ0n) is 12.6. The Morgan fingerprint density at radius 3 is 2.48 bits per heavy atom. The lowest BCUT2D eigenvalue weighted by molar-refractivity contribution is 0.139. The summed E-state index contributed by atoms with van der Waals surface area (Å²) >= 11 is 5.28. The third-order valence-corrected chi connectivity index (χ3v) is 5.75. The molecular weight excluding hydrogens is 374 g/mol. The van der Waals surface area contributed by atoms with Crippen molar-refractivity contribution in [1.82, 2.24) is 5.32 Å². The standard InChI is InChI=1S/C18H18BrNO2S/c19-15-6-8-16(9-7-15)23-18(10-11-18)13-20-17(21)22-12-14-4-2-1-3-5-14/h1-9H,10-13H2,(H,20,21). The molecule has 0 saturated heterocycles. The lowest BCUT2D eigenvalue weighted by atomic mass is 10.2. The molecule has 23 heavy (non-hydrogen) atoms. The van der Waals surface area contributed by atoms with Crippen LogP contribution < -0.4 is 5.32 Å². The Morgan fingerprint density at radius 1 is 1.13 bits per heavy atom. The number of nitrogens with one attached hydrogen (secondary N) is 1. The zero-order chi connectivity index (χ0) is 16.1. The van der Waals surface area contributed by atoms with E-state index in [1.54, 1.807) is 0 Å². The molecule has 1 aliphatic carbocycles. The van der Waals surface area contributed by atoms with Crippen molar-refractivity contribution in [3.63, 3.8) is 0 Å². The van der Waals surface area contributed by atoms with Crippen LogP contribution in [-0.4, -0.2) is 17.4 Å². The molecule has 0 radical (unpaired) electrons. The summed E-state index contributed by atoms with van der Waals surface area (Å²) in [6.07, 6.45) is 1.89. The van der Waals surface area contributed by atoms with Crippen molar-refractivity contribution in [1.29, 1.82) is 0 Å². The van der Waals surface area contributed by atoms with Crippen molar-refractivity contribution < 1.29 is 9.53 Å². The van der Waals surface area contributed by atoms with E-state index in [0.717, 1.165) is 22.9 Å². The number of hydrogen-bond donors (Lipinski definition) is 1. The van der Waals surface area contributed by atoms with Gasteiger partial charge in [-0.05, 0) is 42.7 Å². The molecule has 3 nitrogen and oxygen atoms in total. The van der Waals surface area contributed by atoms with Crippen molar-refractivity contribution in [3.8, 4) is 0 Å². The number of carbonyl (C=O) groups is 1. The first kappa shape index (κ1) is 16.4. The van der Waals surface area contributed by atoms with Crippen molar-refractivity contribution in [2.75, 3.05) is 6.54 Å². The summed E-state index contributed by atoms with van der Waals surface area (Å²) in [7, 11) is 0. The van der Waals surface area contributed by atoms with Gasteiger partial charge in [0.05, 0.1) is 0 Å². The van der Waals surface area contributed by atoms with Crippen LogP contribution in [0.2, 0.25) is 0 Å². The molecule has 0 aromatic heterocycles. The highest BCUT2D eigenvalue weighted by atomic mass is 79.9. The van der Waals surface area contributed by atoms with Crippen molar-refractivity contribution in [3.05, 3.63) is 64.6 Å². The van der Waals surface area contributed by atoms with Gasteiger partial charge in [-0.2, -0.15) is 0 Å². The molecule has 0 heterocycles. The topological polar surface area (TPSA) is 38.3 Å². The van der Waals surface area contributed by atoms with E-state index in [4.69, 9.17) is 4.74 Å². The molecule has 2 aromatic rings. The molecule has 1 fully saturated rings. The van der Waals surface area contributed by atoms with Crippen LogP contribution in [0.15, 0.2) is 64.0 Å². The second kappa shape index (κ2) is 7.41. The maximum atomic E-state index is 11.8. The number of amides is 1. The fourth-order valence-corrected chi connectivity index (χ4v) is 3.70. The number of rotatable bonds is 6. The molecule has 120 valence electrons. The highest BCUT2D eigenvalue weighted by Gasteiger charge is 2.44. The Hall–Kier alpha value is -1.46. The van der Waals surface area contributed by atoms with E-state index < -0.39 is 0 Å². The van der Waals surface area contributed by atoms with E-state index in [0.29, 0.717) is 13.2 Å². The molecule has 0 bridgehead atoms. The van der Waals surface area contributed by atoms with Crippen molar-refractivity contribution in [2.24, 2.45) is 0 Å². The number of hydrogen-bond acceptors (Lipinski definition) is 3. The summed E-state index contributed by atoms with van der Waals surface area (Å²) in [5, 5.41) is 2.90. The van der Waals surface area contributed by atoms with Crippen LogP contribution in [0.3, 0.4) is 0 Å². The summed E-state index contributed by atoms with van der Waals surface area (Å²) < 4.78 is 6.45. The lowest BCUT2D eigenvalue weighted by Crippen LogP contribution is -2.32. The maximum absolute atomic E-state index is 11.8. The summed E-state index contributed by atoms with van der Waals surface area (Å²) in [4.78, 5) is 13.1. The first-order valence-corrected chi connectivity index (χ1v) is 9.15. The summed E-state index contributed by atoms with van der Waals surface area (Å²) in [5.74, 6) is 0. The van der Waals surface area contributed by atoms with Crippen LogP contribution in [-0.2, 0) is 11.3 Å². The zero-order valence-corrected chi connectivity index (χ0v) is 15.0. The Balaban J connectivity index is 1.44. The summed E-state index contributed by atoms with van der Waals surface area (Å²) in [5.41, 5.74) is 0.994. The minimum atomic E-state index is -0.350. The molecule has 3 rings (SSSR count). The van der Waals surface area contributed by atoms with Crippen LogP contribution in [0, 0.1) is 0 Å². The van der Waals surface area contributed by atoms with Gasteiger partial charge in [-0.3, -0.25) is 0 Å². The molecular formula is C18H18BrNO2S. The molecule has 1 N–H and O–H groups in total. The van der Waals surface area contributed by atoms with Crippen LogP contribution in [0.4, 0.5) is 4.79 Å². The molecule has 0 atom stereocenters. The smallest absolute Gasteiger partial charge is 0.407 e. The number of carbonyl (C=O) groups excluding carboxylic acids is 1. The second-order valence-electron chi connectivity index (χ2n) is 5.65. The summed E-state index contributed by atoms with van der Waals surface area (Å²) in [6.45, 7) is 0.945. The molecule has 5 heteroatoms. The average Bonchev–Trinajstić information content (AvgIpc) is 3.34. The molecule has 1 aliphatic rings. The van der Waals surface area contributed by atoms with E-state index in [-0.39, 0.29) is 10.8 Å². The average molecular weight is 392 g/mol. The van der Waals surface area contributed by atoms with Crippen molar-refractivity contribution in [2.45, 2.75) is 29.1 Å². The quantitative estimate of drug-likeness (QED) is 0.752. The molecule has 0 spiro atoms. The maximum Gasteiger partial charge on any atom is 0.407 e. The first-order valence-electron chi connectivity index (χ1n) is 7.54. The van der Waals surface area contributed by atoms with E-state index in [1.165, 1.54) is 4.90 Å².